The summed E-state index contributed by atoms with van der Waals surface area (Å²) in [5, 5.41) is 1.14. The van der Waals surface area contributed by atoms with Gasteiger partial charge in [-0.1, -0.05) is 13.3 Å². The van der Waals surface area contributed by atoms with Gasteiger partial charge in [0.15, 0.2) is 5.16 Å². The number of hydrogen-bond acceptors (Lipinski definition) is 5. The number of pyridine rings is 1. The number of aromatic amines is 1. The van der Waals surface area contributed by atoms with Crippen molar-refractivity contribution in [1.29, 1.82) is 0 Å². The number of H-pyrrole nitrogens is 1. The van der Waals surface area contributed by atoms with Crippen molar-refractivity contribution in [2.45, 2.75) is 29.9 Å². The van der Waals surface area contributed by atoms with Crippen LogP contribution in [0.1, 0.15) is 19.0 Å². The number of aromatic nitrogens is 3. The van der Waals surface area contributed by atoms with E-state index >= 15 is 0 Å². The molecule has 2 aromatic heterocycles. The van der Waals surface area contributed by atoms with E-state index in [0.29, 0.717) is 15.9 Å². The van der Waals surface area contributed by atoms with Crippen molar-refractivity contribution in [2.75, 3.05) is 5.73 Å². The molecule has 3 N–H and O–H groups in total. The summed E-state index contributed by atoms with van der Waals surface area (Å²) in [5.41, 5.74) is 7.04. The maximum absolute atomic E-state index is 11.5. The molecule has 2 rings (SSSR count). The van der Waals surface area contributed by atoms with Crippen molar-refractivity contribution in [1.82, 2.24) is 15.0 Å². The van der Waals surface area contributed by atoms with E-state index in [4.69, 9.17) is 5.73 Å². The first-order valence-electron chi connectivity index (χ1n) is 5.77. The van der Waals surface area contributed by atoms with Crippen LogP contribution in [-0.2, 0) is 6.42 Å². The van der Waals surface area contributed by atoms with Gasteiger partial charge in [-0.05, 0) is 40.2 Å². The van der Waals surface area contributed by atoms with Crippen molar-refractivity contribution in [3.8, 4) is 0 Å². The number of nitrogens with one attached hydrogen (secondary N) is 1. The van der Waals surface area contributed by atoms with Crippen LogP contribution in [0.5, 0.6) is 0 Å². The molecule has 100 valence electrons. The molecule has 0 saturated carbocycles. The Morgan fingerprint density at radius 1 is 1.47 bits per heavy atom. The number of rotatable bonds is 4. The molecule has 0 atom stereocenters. The van der Waals surface area contributed by atoms with Crippen molar-refractivity contribution in [2.24, 2.45) is 0 Å². The average molecular weight is 341 g/mol. The predicted molar refractivity (Wildman–Crippen MR) is 79.3 cm³/mol. The highest BCUT2D eigenvalue weighted by Crippen LogP contribution is 2.28. The van der Waals surface area contributed by atoms with Gasteiger partial charge in [0.25, 0.3) is 5.56 Å². The largest absolute Gasteiger partial charge is 0.396 e. The number of nitrogens with two attached hydrogens (primary N) is 1. The molecular formula is C12H13BrN4OS. The van der Waals surface area contributed by atoms with Gasteiger partial charge >= 0.3 is 0 Å². The zero-order chi connectivity index (χ0) is 13.8. The van der Waals surface area contributed by atoms with Crippen LogP contribution in [0.25, 0.3) is 0 Å². The Bertz CT molecular complexity index is 644. The molecular weight excluding hydrogens is 328 g/mol. The Balaban J connectivity index is 2.30. The standard InChI is InChI=1S/C12H13BrN4OS/c1-2-3-8-5-10(18)17-12(16-8)19-11-9(14)4-7(13)6-15-11/h4-6H,2-3,14H2,1H3,(H,16,17,18). The molecule has 2 heterocycles. The predicted octanol–water partition coefficient (Wildman–Crippen LogP) is 2.61. The Hall–Kier alpha value is -1.34. The minimum Gasteiger partial charge on any atom is -0.396 e. The molecule has 0 amide bonds. The Morgan fingerprint density at radius 2 is 2.26 bits per heavy atom. The van der Waals surface area contributed by atoms with Gasteiger partial charge in [0.2, 0.25) is 0 Å². The zero-order valence-corrected chi connectivity index (χ0v) is 12.7. The first-order chi connectivity index (χ1) is 9.08. The van der Waals surface area contributed by atoms with E-state index in [1.165, 1.54) is 17.8 Å². The lowest BCUT2D eigenvalue weighted by Crippen LogP contribution is -2.10. The quantitative estimate of drug-likeness (QED) is 0.835. The van der Waals surface area contributed by atoms with E-state index in [1.54, 1.807) is 12.3 Å². The fourth-order valence-electron chi connectivity index (χ4n) is 1.54. The summed E-state index contributed by atoms with van der Waals surface area (Å²) in [7, 11) is 0. The van der Waals surface area contributed by atoms with Gasteiger partial charge in [-0.25, -0.2) is 9.97 Å². The number of nitrogen functional groups attached to an aromatic ring is 1. The fraction of sp³-hybridized carbons (Fsp3) is 0.250. The lowest BCUT2D eigenvalue weighted by Gasteiger charge is -2.05. The minimum atomic E-state index is -0.156. The first-order valence-corrected chi connectivity index (χ1v) is 7.38. The van der Waals surface area contributed by atoms with Gasteiger partial charge in [-0.3, -0.25) is 4.79 Å². The zero-order valence-electron chi connectivity index (χ0n) is 10.3. The summed E-state index contributed by atoms with van der Waals surface area (Å²) >= 11 is 4.55. The van der Waals surface area contributed by atoms with E-state index < -0.39 is 0 Å². The second-order valence-corrected chi connectivity index (χ2v) is 5.84. The van der Waals surface area contributed by atoms with E-state index in [-0.39, 0.29) is 5.56 Å². The lowest BCUT2D eigenvalue weighted by molar-refractivity contribution is 0.815. The molecule has 0 aromatic carbocycles. The second-order valence-electron chi connectivity index (χ2n) is 3.94. The van der Waals surface area contributed by atoms with Crippen LogP contribution in [-0.4, -0.2) is 15.0 Å². The highest BCUT2D eigenvalue weighted by atomic mass is 79.9. The number of anilines is 1. The van der Waals surface area contributed by atoms with Crippen molar-refractivity contribution < 1.29 is 0 Å². The summed E-state index contributed by atoms with van der Waals surface area (Å²) in [6, 6.07) is 3.29. The first kappa shape index (κ1) is 14.1. The molecule has 0 saturated heterocycles. The summed E-state index contributed by atoms with van der Waals surface area (Å²) in [4.78, 5) is 22.8. The molecule has 0 aliphatic rings. The van der Waals surface area contributed by atoms with Crippen LogP contribution < -0.4 is 11.3 Å². The molecule has 0 aliphatic carbocycles. The summed E-state index contributed by atoms with van der Waals surface area (Å²) in [6.07, 6.45) is 3.38. The molecule has 7 heteroatoms. The molecule has 0 fully saturated rings. The van der Waals surface area contributed by atoms with Crippen LogP contribution >= 0.6 is 27.7 Å². The van der Waals surface area contributed by atoms with E-state index in [1.807, 2.05) is 6.92 Å². The van der Waals surface area contributed by atoms with Gasteiger partial charge in [-0.15, -0.1) is 0 Å². The van der Waals surface area contributed by atoms with Crippen LogP contribution in [0.4, 0.5) is 5.69 Å². The average Bonchev–Trinajstić information content (AvgIpc) is 2.32. The fourth-order valence-corrected chi connectivity index (χ4v) is 2.66. The number of hydrogen-bond donors (Lipinski definition) is 2. The van der Waals surface area contributed by atoms with Gasteiger partial charge in [-0.2, -0.15) is 0 Å². The summed E-state index contributed by atoms with van der Waals surface area (Å²) in [5.74, 6) is 0. The topological polar surface area (TPSA) is 84.7 Å². The molecule has 0 bridgehead atoms. The SMILES string of the molecule is CCCc1cc(=O)[nH]c(Sc2ncc(Br)cc2N)n1. The van der Waals surface area contributed by atoms with E-state index in [0.717, 1.165) is 23.0 Å². The van der Waals surface area contributed by atoms with Gasteiger partial charge in [0, 0.05) is 22.4 Å². The molecule has 0 aliphatic heterocycles. The highest BCUT2D eigenvalue weighted by Gasteiger charge is 2.07. The van der Waals surface area contributed by atoms with Crippen molar-refractivity contribution >= 4 is 33.4 Å². The lowest BCUT2D eigenvalue weighted by atomic mass is 10.2. The molecule has 19 heavy (non-hydrogen) atoms. The number of halogens is 1. The maximum atomic E-state index is 11.5. The second kappa shape index (κ2) is 6.21. The van der Waals surface area contributed by atoms with E-state index in [9.17, 15) is 4.79 Å². The Labute approximate surface area is 123 Å². The molecule has 5 nitrogen and oxygen atoms in total. The molecule has 0 unspecified atom stereocenters. The molecule has 2 aromatic rings. The summed E-state index contributed by atoms with van der Waals surface area (Å²) in [6.45, 7) is 2.05. The van der Waals surface area contributed by atoms with Crippen LogP contribution in [0.2, 0.25) is 0 Å². The summed E-state index contributed by atoms with van der Waals surface area (Å²) < 4.78 is 0.815. The number of aryl methyl sites for hydroxylation is 1. The highest BCUT2D eigenvalue weighted by molar-refractivity contribution is 9.10. The monoisotopic (exact) mass is 340 g/mol. The Kier molecular flexibility index (Phi) is 4.60. The van der Waals surface area contributed by atoms with Crippen molar-refractivity contribution in [3.63, 3.8) is 0 Å². The van der Waals surface area contributed by atoms with Crippen LogP contribution in [0.15, 0.2) is 37.8 Å². The van der Waals surface area contributed by atoms with E-state index in [2.05, 4.69) is 30.9 Å². The van der Waals surface area contributed by atoms with Crippen molar-refractivity contribution in [3.05, 3.63) is 38.9 Å². The minimum absolute atomic E-state index is 0.156. The normalized spacial score (nSPS) is 10.6. The number of nitrogens with zero attached hydrogens (tertiary/aromatic N) is 2. The van der Waals surface area contributed by atoms with Crippen LogP contribution in [0, 0.1) is 0 Å². The van der Waals surface area contributed by atoms with Gasteiger partial charge in [0.05, 0.1) is 5.69 Å². The van der Waals surface area contributed by atoms with Gasteiger partial charge < -0.3 is 10.7 Å². The molecule has 0 spiro atoms. The smallest absolute Gasteiger partial charge is 0.251 e. The molecule has 0 radical (unpaired) electrons. The van der Waals surface area contributed by atoms with Crippen LogP contribution in [0.3, 0.4) is 0 Å². The third-order valence-electron chi connectivity index (χ3n) is 2.32. The third kappa shape index (κ3) is 3.81. The maximum Gasteiger partial charge on any atom is 0.251 e. The third-order valence-corrected chi connectivity index (χ3v) is 3.67. The van der Waals surface area contributed by atoms with Gasteiger partial charge in [0.1, 0.15) is 5.03 Å². The Morgan fingerprint density at radius 3 is 2.95 bits per heavy atom.